The number of carbonyl (C=O) groups excluding carboxylic acids is 1. The van der Waals surface area contributed by atoms with Crippen LogP contribution in [0.25, 0.3) is 0 Å². The summed E-state index contributed by atoms with van der Waals surface area (Å²) in [6.45, 7) is 0.789. The molecule has 2 N–H and O–H groups in total. The number of benzene rings is 3. The lowest BCUT2D eigenvalue weighted by Gasteiger charge is -2.09. The minimum absolute atomic E-state index is 0.164. The van der Waals surface area contributed by atoms with Crippen molar-refractivity contribution in [3.8, 4) is 11.8 Å². The zero-order valence-electron chi connectivity index (χ0n) is 17.0. The average Bonchev–Trinajstić information content (AvgIpc) is 2.83. The Labute approximate surface area is 181 Å². The molecule has 0 saturated heterocycles. The van der Waals surface area contributed by atoms with Gasteiger partial charge in [0.2, 0.25) is 0 Å². The highest BCUT2D eigenvalue weighted by Gasteiger charge is 2.08. The molecule has 0 aliphatic rings. The van der Waals surface area contributed by atoms with Gasteiger partial charge in [-0.15, -0.1) is 0 Å². The molecule has 3 aromatic carbocycles. The van der Waals surface area contributed by atoms with Gasteiger partial charge in [0.25, 0.3) is 5.91 Å². The number of oxime groups is 1. The van der Waals surface area contributed by atoms with Gasteiger partial charge >= 0.3 is 0 Å². The third kappa shape index (κ3) is 6.44. The van der Waals surface area contributed by atoms with E-state index in [9.17, 15) is 10.0 Å². The molecule has 0 spiro atoms. The Morgan fingerprint density at radius 2 is 1.74 bits per heavy atom. The van der Waals surface area contributed by atoms with Crippen LogP contribution >= 0.6 is 0 Å². The number of amides is 1. The van der Waals surface area contributed by atoms with E-state index in [0.29, 0.717) is 48.6 Å². The third-order valence-electron chi connectivity index (χ3n) is 4.68. The van der Waals surface area contributed by atoms with E-state index in [1.807, 2.05) is 42.5 Å². The average molecular weight is 413 g/mol. The number of nitriles is 1. The number of nitrogens with one attached hydrogen (secondary N) is 1. The van der Waals surface area contributed by atoms with Gasteiger partial charge in [0, 0.05) is 12.1 Å². The lowest BCUT2D eigenvalue weighted by atomic mass is 10.1. The molecule has 6 heteroatoms. The van der Waals surface area contributed by atoms with E-state index >= 15 is 0 Å². The Kier molecular flexibility index (Phi) is 7.78. The Morgan fingerprint density at radius 3 is 2.45 bits per heavy atom. The molecule has 31 heavy (non-hydrogen) atoms. The molecule has 0 atom stereocenters. The number of hydrogen-bond acceptors (Lipinski definition) is 5. The smallest absolute Gasteiger partial charge is 0.251 e. The van der Waals surface area contributed by atoms with Crippen LogP contribution in [0, 0.1) is 11.3 Å². The summed E-state index contributed by atoms with van der Waals surface area (Å²) in [6.07, 6.45) is 1.21. The van der Waals surface area contributed by atoms with Crippen LogP contribution in [0.15, 0.2) is 84.0 Å². The third-order valence-corrected chi connectivity index (χ3v) is 4.68. The van der Waals surface area contributed by atoms with Gasteiger partial charge in [-0.1, -0.05) is 47.6 Å². The Morgan fingerprint density at radius 1 is 1.00 bits per heavy atom. The van der Waals surface area contributed by atoms with Gasteiger partial charge in [-0.25, -0.2) is 0 Å². The lowest BCUT2D eigenvalue weighted by Crippen LogP contribution is -2.25. The van der Waals surface area contributed by atoms with Crippen molar-refractivity contribution >= 4 is 11.6 Å². The van der Waals surface area contributed by atoms with Crippen molar-refractivity contribution in [2.45, 2.75) is 19.4 Å². The van der Waals surface area contributed by atoms with Crippen molar-refractivity contribution in [2.24, 2.45) is 5.16 Å². The Bertz CT molecular complexity index is 1070. The molecule has 0 radical (unpaired) electrons. The summed E-state index contributed by atoms with van der Waals surface area (Å²) in [6, 6.07) is 25.7. The minimum atomic E-state index is -0.164. The van der Waals surface area contributed by atoms with Gasteiger partial charge < -0.3 is 15.3 Å². The molecule has 0 fully saturated rings. The van der Waals surface area contributed by atoms with Crippen molar-refractivity contribution in [1.29, 1.82) is 5.26 Å². The predicted octanol–water partition coefficient (Wildman–Crippen LogP) is 4.53. The standard InChI is InChI=1S/C25H23N3O3/c26-17-19-11-13-23(14-12-19)31-18-20-6-4-9-22(16-20)25(29)27-15-5-10-24(28-30)21-7-2-1-3-8-21/h1-4,6-9,11-14,16,30H,5,10,15,18H2,(H,27,29)/b28-24-. The molecule has 0 saturated carbocycles. The SMILES string of the molecule is N#Cc1ccc(OCc2cccc(C(=O)NCCC/C(=N/O)c3ccccc3)c2)cc1. The fraction of sp³-hybridized carbons (Fsp3) is 0.160. The monoisotopic (exact) mass is 413 g/mol. The molecular formula is C25H23N3O3. The molecular weight excluding hydrogens is 390 g/mol. The maximum atomic E-state index is 12.5. The maximum absolute atomic E-state index is 12.5. The van der Waals surface area contributed by atoms with Crippen LogP contribution in [0.2, 0.25) is 0 Å². The second-order valence-electron chi connectivity index (χ2n) is 6.90. The number of rotatable bonds is 9. The molecule has 0 bridgehead atoms. The van der Waals surface area contributed by atoms with Gasteiger partial charge in [-0.3, -0.25) is 4.79 Å². The number of hydrogen-bond donors (Lipinski definition) is 2. The molecule has 3 aromatic rings. The lowest BCUT2D eigenvalue weighted by molar-refractivity contribution is 0.0953. The van der Waals surface area contributed by atoms with Crippen molar-refractivity contribution in [3.05, 3.63) is 101 Å². The number of carbonyl (C=O) groups is 1. The first kappa shape index (κ1) is 21.6. The largest absolute Gasteiger partial charge is 0.489 e. The van der Waals surface area contributed by atoms with Crippen LogP contribution in [0.3, 0.4) is 0 Å². The van der Waals surface area contributed by atoms with Gasteiger partial charge in [0.1, 0.15) is 12.4 Å². The summed E-state index contributed by atoms with van der Waals surface area (Å²) in [5.41, 5.74) is 3.46. The fourth-order valence-electron chi connectivity index (χ4n) is 3.04. The van der Waals surface area contributed by atoms with Gasteiger partial charge in [-0.2, -0.15) is 5.26 Å². The molecule has 6 nitrogen and oxygen atoms in total. The van der Waals surface area contributed by atoms with Crippen LogP contribution in [0.5, 0.6) is 5.75 Å². The van der Waals surface area contributed by atoms with Crippen LogP contribution in [0.1, 0.15) is 39.9 Å². The number of nitrogens with zero attached hydrogens (tertiary/aromatic N) is 2. The molecule has 3 rings (SSSR count). The summed E-state index contributed by atoms with van der Waals surface area (Å²) in [7, 11) is 0. The summed E-state index contributed by atoms with van der Waals surface area (Å²) in [5, 5.41) is 24.3. The van der Waals surface area contributed by atoms with E-state index < -0.39 is 0 Å². The van der Waals surface area contributed by atoms with E-state index in [1.54, 1.807) is 36.4 Å². The predicted molar refractivity (Wildman–Crippen MR) is 118 cm³/mol. The van der Waals surface area contributed by atoms with E-state index in [-0.39, 0.29) is 5.91 Å². The highest BCUT2D eigenvalue weighted by molar-refractivity contribution is 6.00. The van der Waals surface area contributed by atoms with E-state index in [2.05, 4.69) is 16.5 Å². The Hall–Kier alpha value is -4.11. The summed E-state index contributed by atoms with van der Waals surface area (Å²) >= 11 is 0. The summed E-state index contributed by atoms with van der Waals surface area (Å²) in [5.74, 6) is 0.496. The van der Waals surface area contributed by atoms with E-state index in [0.717, 1.165) is 11.1 Å². The van der Waals surface area contributed by atoms with Crippen LogP contribution < -0.4 is 10.1 Å². The fourth-order valence-corrected chi connectivity index (χ4v) is 3.04. The Balaban J connectivity index is 1.47. The number of ether oxygens (including phenoxy) is 1. The van der Waals surface area contributed by atoms with Crippen LogP contribution in [-0.2, 0) is 6.61 Å². The van der Waals surface area contributed by atoms with Gasteiger partial charge in [0.05, 0.1) is 17.3 Å². The van der Waals surface area contributed by atoms with Crippen molar-refractivity contribution in [3.63, 3.8) is 0 Å². The molecule has 0 aromatic heterocycles. The van der Waals surface area contributed by atoms with Crippen molar-refractivity contribution < 1.29 is 14.7 Å². The van der Waals surface area contributed by atoms with Gasteiger partial charge in [0.15, 0.2) is 0 Å². The molecule has 0 aliphatic carbocycles. The first-order valence-electron chi connectivity index (χ1n) is 9.96. The summed E-state index contributed by atoms with van der Waals surface area (Å²) < 4.78 is 5.73. The molecule has 0 unspecified atom stereocenters. The normalized spacial score (nSPS) is 10.9. The first-order valence-corrected chi connectivity index (χ1v) is 9.96. The molecule has 1 amide bonds. The molecule has 156 valence electrons. The molecule has 0 heterocycles. The van der Waals surface area contributed by atoms with Gasteiger partial charge in [-0.05, 0) is 60.4 Å². The highest BCUT2D eigenvalue weighted by atomic mass is 16.5. The zero-order chi connectivity index (χ0) is 21.9. The van der Waals surface area contributed by atoms with Crippen molar-refractivity contribution in [2.75, 3.05) is 6.54 Å². The maximum Gasteiger partial charge on any atom is 0.251 e. The van der Waals surface area contributed by atoms with Crippen molar-refractivity contribution in [1.82, 2.24) is 5.32 Å². The second-order valence-corrected chi connectivity index (χ2v) is 6.90. The minimum Gasteiger partial charge on any atom is -0.489 e. The quantitative estimate of drug-likeness (QED) is 0.233. The van der Waals surface area contributed by atoms with E-state index in [4.69, 9.17) is 10.00 Å². The molecule has 0 aliphatic heterocycles. The summed E-state index contributed by atoms with van der Waals surface area (Å²) in [4.78, 5) is 12.5. The topological polar surface area (TPSA) is 94.7 Å². The van der Waals surface area contributed by atoms with Crippen LogP contribution in [0.4, 0.5) is 0 Å². The first-order chi connectivity index (χ1) is 15.2. The van der Waals surface area contributed by atoms with E-state index in [1.165, 1.54) is 0 Å². The highest BCUT2D eigenvalue weighted by Crippen LogP contribution is 2.15. The second kappa shape index (κ2) is 11.2. The zero-order valence-corrected chi connectivity index (χ0v) is 17.0. The van der Waals surface area contributed by atoms with Crippen LogP contribution in [-0.4, -0.2) is 23.4 Å².